The zero-order chi connectivity index (χ0) is 12.5. The molecule has 1 aromatic carbocycles. The lowest BCUT2D eigenvalue weighted by Gasteiger charge is -2.30. The maximum absolute atomic E-state index is 12.0. The summed E-state index contributed by atoms with van der Waals surface area (Å²) in [4.78, 5) is 18.2. The van der Waals surface area contributed by atoms with E-state index in [1.165, 1.54) is 11.3 Å². The zero-order valence-electron chi connectivity index (χ0n) is 9.60. The van der Waals surface area contributed by atoms with E-state index in [1.54, 1.807) is 0 Å². The van der Waals surface area contributed by atoms with Crippen LogP contribution in [0.15, 0.2) is 29.6 Å². The highest BCUT2D eigenvalue weighted by Gasteiger charge is 2.23. The van der Waals surface area contributed by atoms with Gasteiger partial charge in [-0.25, -0.2) is 4.98 Å². The third kappa shape index (κ3) is 2.13. The Kier molecular flexibility index (Phi) is 3.06. The van der Waals surface area contributed by atoms with Crippen LogP contribution in [0.1, 0.15) is 16.9 Å². The van der Waals surface area contributed by atoms with Crippen LogP contribution in [0.5, 0.6) is 0 Å². The van der Waals surface area contributed by atoms with E-state index >= 15 is 0 Å². The topological polar surface area (TPSA) is 33.2 Å². The summed E-state index contributed by atoms with van der Waals surface area (Å²) in [5, 5.41) is 3.38. The fourth-order valence-electron chi connectivity index (χ4n) is 1.78. The van der Waals surface area contributed by atoms with Crippen molar-refractivity contribution in [1.29, 1.82) is 0 Å². The van der Waals surface area contributed by atoms with Gasteiger partial charge in [-0.3, -0.25) is 4.79 Å². The van der Waals surface area contributed by atoms with Gasteiger partial charge in [-0.2, -0.15) is 0 Å². The molecule has 1 saturated heterocycles. The highest BCUT2D eigenvalue weighted by Crippen LogP contribution is 2.26. The lowest BCUT2D eigenvalue weighted by atomic mass is 10.2. The molecule has 1 amide bonds. The number of hydrogen-bond donors (Lipinski definition) is 0. The predicted octanol–water partition coefficient (Wildman–Crippen LogP) is 3.31. The first kappa shape index (κ1) is 11.7. The summed E-state index contributed by atoms with van der Waals surface area (Å²) in [7, 11) is 0. The van der Waals surface area contributed by atoms with Gasteiger partial charge < -0.3 is 4.90 Å². The Labute approximate surface area is 114 Å². The number of nitrogens with zero attached hydrogens (tertiary/aromatic N) is 2. The molecule has 1 fully saturated rings. The van der Waals surface area contributed by atoms with E-state index in [4.69, 9.17) is 11.6 Å². The van der Waals surface area contributed by atoms with Gasteiger partial charge in [-0.1, -0.05) is 23.7 Å². The molecule has 2 aromatic rings. The van der Waals surface area contributed by atoms with Crippen LogP contribution in [-0.4, -0.2) is 28.9 Å². The molecule has 1 aromatic heterocycles. The smallest absolute Gasteiger partial charge is 0.273 e. The standard InChI is InChI=1S/C13H11ClN2OS/c14-10-4-2-9(3-5-10)12-15-11(8-18-12)13(17)16-6-1-7-16/h2-5,8H,1,6-7H2. The van der Waals surface area contributed by atoms with Crippen molar-refractivity contribution in [2.75, 3.05) is 13.1 Å². The minimum Gasteiger partial charge on any atom is -0.337 e. The first-order chi connectivity index (χ1) is 8.74. The van der Waals surface area contributed by atoms with Crippen molar-refractivity contribution in [2.45, 2.75) is 6.42 Å². The maximum Gasteiger partial charge on any atom is 0.273 e. The van der Waals surface area contributed by atoms with Crippen molar-refractivity contribution in [3.63, 3.8) is 0 Å². The molecular weight excluding hydrogens is 268 g/mol. The molecule has 18 heavy (non-hydrogen) atoms. The van der Waals surface area contributed by atoms with Crippen molar-refractivity contribution < 1.29 is 4.79 Å². The van der Waals surface area contributed by atoms with Crippen LogP contribution in [0, 0.1) is 0 Å². The van der Waals surface area contributed by atoms with Gasteiger partial charge in [0.2, 0.25) is 0 Å². The van der Waals surface area contributed by atoms with E-state index < -0.39 is 0 Å². The molecule has 1 aliphatic heterocycles. The van der Waals surface area contributed by atoms with Crippen molar-refractivity contribution in [3.8, 4) is 10.6 Å². The molecule has 2 heterocycles. The van der Waals surface area contributed by atoms with E-state index in [0.717, 1.165) is 30.1 Å². The van der Waals surface area contributed by atoms with E-state index in [0.29, 0.717) is 10.7 Å². The summed E-state index contributed by atoms with van der Waals surface area (Å²) in [5.74, 6) is 0.0395. The number of benzene rings is 1. The summed E-state index contributed by atoms with van der Waals surface area (Å²) < 4.78 is 0. The molecule has 0 atom stereocenters. The highest BCUT2D eigenvalue weighted by atomic mass is 35.5. The molecular formula is C13H11ClN2OS. The average Bonchev–Trinajstić information content (AvgIpc) is 2.77. The summed E-state index contributed by atoms with van der Waals surface area (Å²) in [6, 6.07) is 7.49. The predicted molar refractivity (Wildman–Crippen MR) is 73.1 cm³/mol. The maximum atomic E-state index is 12.0. The summed E-state index contributed by atoms with van der Waals surface area (Å²) >= 11 is 7.33. The first-order valence-electron chi connectivity index (χ1n) is 5.75. The van der Waals surface area contributed by atoms with Crippen LogP contribution in [0.4, 0.5) is 0 Å². The van der Waals surface area contributed by atoms with Gasteiger partial charge in [0.25, 0.3) is 5.91 Å². The molecule has 0 unspecified atom stereocenters. The van der Waals surface area contributed by atoms with E-state index in [1.807, 2.05) is 34.5 Å². The molecule has 1 aliphatic rings. The number of amides is 1. The number of halogens is 1. The van der Waals surface area contributed by atoms with Crippen LogP contribution in [0.2, 0.25) is 5.02 Å². The van der Waals surface area contributed by atoms with Crippen LogP contribution < -0.4 is 0 Å². The van der Waals surface area contributed by atoms with Crippen molar-refractivity contribution in [1.82, 2.24) is 9.88 Å². The van der Waals surface area contributed by atoms with E-state index in [-0.39, 0.29) is 5.91 Å². The Balaban J connectivity index is 1.84. The Morgan fingerprint density at radius 3 is 2.61 bits per heavy atom. The minimum absolute atomic E-state index is 0.0395. The number of likely N-dealkylation sites (tertiary alicyclic amines) is 1. The van der Waals surface area contributed by atoms with Crippen LogP contribution in [0.25, 0.3) is 10.6 Å². The quantitative estimate of drug-likeness (QED) is 0.844. The summed E-state index contributed by atoms with van der Waals surface area (Å²) in [5.41, 5.74) is 1.54. The molecule has 0 saturated carbocycles. The molecule has 0 spiro atoms. The largest absolute Gasteiger partial charge is 0.337 e. The summed E-state index contributed by atoms with van der Waals surface area (Å²) in [6.07, 6.45) is 1.10. The number of hydrogen-bond acceptors (Lipinski definition) is 3. The number of rotatable bonds is 2. The van der Waals surface area contributed by atoms with E-state index in [9.17, 15) is 4.79 Å². The van der Waals surface area contributed by atoms with E-state index in [2.05, 4.69) is 4.98 Å². The van der Waals surface area contributed by atoms with Gasteiger partial charge in [0.05, 0.1) is 0 Å². The molecule has 5 heteroatoms. The van der Waals surface area contributed by atoms with Gasteiger partial charge in [0.1, 0.15) is 10.7 Å². The Hall–Kier alpha value is -1.39. The Morgan fingerprint density at radius 2 is 2.00 bits per heavy atom. The zero-order valence-corrected chi connectivity index (χ0v) is 11.2. The van der Waals surface area contributed by atoms with Gasteiger partial charge in [-0.15, -0.1) is 11.3 Å². The van der Waals surface area contributed by atoms with Gasteiger partial charge >= 0.3 is 0 Å². The fourth-order valence-corrected chi connectivity index (χ4v) is 2.70. The second kappa shape index (κ2) is 4.71. The van der Waals surface area contributed by atoms with Crippen molar-refractivity contribution >= 4 is 28.8 Å². The van der Waals surface area contributed by atoms with Crippen molar-refractivity contribution in [3.05, 3.63) is 40.4 Å². The molecule has 3 rings (SSSR count). The van der Waals surface area contributed by atoms with Crippen molar-refractivity contribution in [2.24, 2.45) is 0 Å². The monoisotopic (exact) mass is 278 g/mol. The average molecular weight is 279 g/mol. The third-order valence-corrected chi connectivity index (χ3v) is 4.10. The lowest BCUT2D eigenvalue weighted by Crippen LogP contribution is -2.42. The number of thiazole rings is 1. The molecule has 0 N–H and O–H groups in total. The molecule has 0 aliphatic carbocycles. The van der Waals surface area contributed by atoms with Gasteiger partial charge in [0.15, 0.2) is 0 Å². The minimum atomic E-state index is 0.0395. The first-order valence-corrected chi connectivity index (χ1v) is 7.00. The SMILES string of the molecule is O=C(c1csc(-c2ccc(Cl)cc2)n1)N1CCC1. The molecule has 0 bridgehead atoms. The summed E-state index contributed by atoms with van der Waals surface area (Å²) in [6.45, 7) is 1.71. The number of carbonyl (C=O) groups is 1. The Bertz CT molecular complexity index is 575. The second-order valence-corrected chi connectivity index (χ2v) is 5.49. The Morgan fingerprint density at radius 1 is 1.28 bits per heavy atom. The number of carbonyl (C=O) groups excluding carboxylic acids is 1. The van der Waals surface area contributed by atoms with Crippen LogP contribution in [-0.2, 0) is 0 Å². The fraction of sp³-hybridized carbons (Fsp3) is 0.231. The van der Waals surface area contributed by atoms with Crippen LogP contribution in [0.3, 0.4) is 0 Å². The third-order valence-electron chi connectivity index (χ3n) is 2.96. The van der Waals surface area contributed by atoms with Crippen LogP contribution >= 0.6 is 22.9 Å². The molecule has 92 valence electrons. The highest BCUT2D eigenvalue weighted by molar-refractivity contribution is 7.13. The second-order valence-electron chi connectivity index (χ2n) is 4.19. The molecule has 3 nitrogen and oxygen atoms in total. The normalized spacial score (nSPS) is 14.4. The molecule has 0 radical (unpaired) electrons. The number of aromatic nitrogens is 1. The van der Waals surface area contributed by atoms with Gasteiger partial charge in [0, 0.05) is 29.1 Å². The van der Waals surface area contributed by atoms with Gasteiger partial charge in [-0.05, 0) is 18.6 Å². The lowest BCUT2D eigenvalue weighted by molar-refractivity contribution is 0.0646.